The van der Waals surface area contributed by atoms with Crippen LogP contribution in [0.5, 0.6) is 0 Å². The smallest absolute Gasteiger partial charge is 0.219 e. The molecule has 0 atom stereocenters. The number of carbonyl (C=O) groups excluding carboxylic acids is 1. The third-order valence-electron chi connectivity index (χ3n) is 4.55. The summed E-state index contributed by atoms with van der Waals surface area (Å²) in [5, 5.41) is 3.43. The molecule has 142 valence electrons. The standard InChI is InChI=1S/C17H30N6O.HI/c1-15(24)23-12-10-22(11-13-23)9-7-19-17(18-2)21(4)14-16-6-5-8-20(16)3;/h5-6,8H,7,9-14H2,1-4H3,(H,18,19);1H. The first-order chi connectivity index (χ1) is 11.5. The van der Waals surface area contributed by atoms with E-state index in [1.54, 1.807) is 6.92 Å². The molecule has 1 aliphatic rings. The number of aryl methyl sites for hydroxylation is 1. The predicted molar refractivity (Wildman–Crippen MR) is 112 cm³/mol. The normalized spacial score (nSPS) is 15.7. The molecule has 2 heterocycles. The van der Waals surface area contributed by atoms with Crippen molar-refractivity contribution in [2.45, 2.75) is 13.5 Å². The van der Waals surface area contributed by atoms with Gasteiger partial charge in [0.25, 0.3) is 0 Å². The van der Waals surface area contributed by atoms with Crippen LogP contribution in [0.4, 0.5) is 0 Å². The number of nitrogens with one attached hydrogen (secondary N) is 1. The zero-order chi connectivity index (χ0) is 17.5. The van der Waals surface area contributed by atoms with Gasteiger partial charge in [-0.2, -0.15) is 0 Å². The van der Waals surface area contributed by atoms with Crippen molar-refractivity contribution in [2.24, 2.45) is 12.0 Å². The minimum atomic E-state index is 0. The average Bonchev–Trinajstić information content (AvgIpc) is 2.97. The van der Waals surface area contributed by atoms with Crippen molar-refractivity contribution in [2.75, 3.05) is 53.4 Å². The minimum absolute atomic E-state index is 0. The number of hydrogen-bond acceptors (Lipinski definition) is 3. The van der Waals surface area contributed by atoms with Crippen molar-refractivity contribution in [3.63, 3.8) is 0 Å². The van der Waals surface area contributed by atoms with Gasteiger partial charge in [-0.15, -0.1) is 24.0 Å². The molecule has 1 amide bonds. The topological polar surface area (TPSA) is 56.1 Å². The van der Waals surface area contributed by atoms with Crippen molar-refractivity contribution in [3.8, 4) is 0 Å². The monoisotopic (exact) mass is 462 g/mol. The fraction of sp³-hybridized carbons (Fsp3) is 0.647. The minimum Gasteiger partial charge on any atom is -0.355 e. The van der Waals surface area contributed by atoms with Crippen LogP contribution in [0.1, 0.15) is 12.6 Å². The van der Waals surface area contributed by atoms with Gasteiger partial charge >= 0.3 is 0 Å². The lowest BCUT2D eigenvalue weighted by molar-refractivity contribution is -0.130. The van der Waals surface area contributed by atoms with Crippen molar-refractivity contribution in [3.05, 3.63) is 24.0 Å². The molecule has 1 saturated heterocycles. The lowest BCUT2D eigenvalue weighted by atomic mass is 10.3. The first kappa shape index (κ1) is 21.8. The van der Waals surface area contributed by atoms with E-state index < -0.39 is 0 Å². The van der Waals surface area contributed by atoms with Gasteiger partial charge in [0.15, 0.2) is 5.96 Å². The second kappa shape index (κ2) is 10.6. The Hall–Kier alpha value is -1.29. The highest BCUT2D eigenvalue weighted by Gasteiger charge is 2.18. The van der Waals surface area contributed by atoms with Crippen LogP contribution in [0.2, 0.25) is 0 Å². The van der Waals surface area contributed by atoms with E-state index in [-0.39, 0.29) is 29.9 Å². The van der Waals surface area contributed by atoms with Crippen LogP contribution in [-0.4, -0.2) is 84.5 Å². The summed E-state index contributed by atoms with van der Waals surface area (Å²) < 4.78 is 2.12. The highest BCUT2D eigenvalue weighted by Crippen LogP contribution is 2.04. The van der Waals surface area contributed by atoms with Gasteiger partial charge in [-0.1, -0.05) is 0 Å². The third-order valence-corrected chi connectivity index (χ3v) is 4.55. The lowest BCUT2D eigenvalue weighted by Crippen LogP contribution is -2.50. The number of halogens is 1. The molecule has 0 bridgehead atoms. The van der Waals surface area contributed by atoms with Crippen molar-refractivity contribution < 1.29 is 4.79 Å². The molecule has 0 radical (unpaired) electrons. The van der Waals surface area contributed by atoms with Gasteiger partial charge in [-0.3, -0.25) is 14.7 Å². The Morgan fingerprint density at radius 3 is 2.52 bits per heavy atom. The first-order valence-electron chi connectivity index (χ1n) is 8.51. The van der Waals surface area contributed by atoms with Gasteiger partial charge in [-0.05, 0) is 12.1 Å². The number of aromatic nitrogens is 1. The summed E-state index contributed by atoms with van der Waals surface area (Å²) in [6.07, 6.45) is 2.06. The molecule has 1 aromatic heterocycles. The maximum absolute atomic E-state index is 11.3. The number of amides is 1. The Balaban J connectivity index is 0.00000312. The van der Waals surface area contributed by atoms with Crippen molar-refractivity contribution >= 4 is 35.8 Å². The van der Waals surface area contributed by atoms with Crippen LogP contribution >= 0.6 is 24.0 Å². The number of piperazine rings is 1. The number of guanidine groups is 1. The van der Waals surface area contributed by atoms with E-state index in [1.165, 1.54) is 5.69 Å². The molecule has 0 saturated carbocycles. The zero-order valence-corrected chi connectivity index (χ0v) is 18.1. The summed E-state index contributed by atoms with van der Waals surface area (Å²) in [6, 6.07) is 4.18. The van der Waals surface area contributed by atoms with Crippen LogP contribution in [0, 0.1) is 0 Å². The number of nitrogens with zero attached hydrogens (tertiary/aromatic N) is 5. The molecule has 0 unspecified atom stereocenters. The molecule has 0 aliphatic carbocycles. The van der Waals surface area contributed by atoms with Gasteiger partial charge in [0.1, 0.15) is 0 Å². The predicted octanol–water partition coefficient (Wildman–Crippen LogP) is 0.814. The highest BCUT2D eigenvalue weighted by atomic mass is 127. The first-order valence-corrected chi connectivity index (χ1v) is 8.51. The summed E-state index contributed by atoms with van der Waals surface area (Å²) in [7, 11) is 5.92. The van der Waals surface area contributed by atoms with Gasteiger partial charge in [-0.25, -0.2) is 0 Å². The maximum atomic E-state index is 11.3. The van der Waals surface area contributed by atoms with E-state index in [2.05, 4.69) is 50.1 Å². The molecule has 0 aromatic carbocycles. The molecule has 7 nitrogen and oxygen atoms in total. The second-order valence-corrected chi connectivity index (χ2v) is 6.29. The van der Waals surface area contributed by atoms with Crippen LogP contribution in [0.15, 0.2) is 23.3 Å². The van der Waals surface area contributed by atoms with Gasteiger partial charge in [0.2, 0.25) is 5.91 Å². The molecular formula is C17H31IN6O. The van der Waals surface area contributed by atoms with Gasteiger partial charge in [0.05, 0.1) is 6.54 Å². The number of carbonyl (C=O) groups is 1. The van der Waals surface area contributed by atoms with Gasteiger partial charge in [0, 0.05) is 79.2 Å². The van der Waals surface area contributed by atoms with Crippen LogP contribution in [-0.2, 0) is 18.4 Å². The Labute approximate surface area is 168 Å². The second-order valence-electron chi connectivity index (χ2n) is 6.29. The lowest BCUT2D eigenvalue weighted by Gasteiger charge is -2.34. The summed E-state index contributed by atoms with van der Waals surface area (Å²) >= 11 is 0. The fourth-order valence-corrected chi connectivity index (χ4v) is 2.98. The fourth-order valence-electron chi connectivity index (χ4n) is 2.98. The van der Waals surface area contributed by atoms with Crippen molar-refractivity contribution in [1.29, 1.82) is 0 Å². The Morgan fingerprint density at radius 2 is 2.00 bits per heavy atom. The third kappa shape index (κ3) is 6.50. The molecule has 8 heteroatoms. The van der Waals surface area contributed by atoms with Crippen LogP contribution in [0.25, 0.3) is 0 Å². The maximum Gasteiger partial charge on any atom is 0.219 e. The van der Waals surface area contributed by atoms with E-state index in [0.717, 1.165) is 51.8 Å². The van der Waals surface area contributed by atoms with Gasteiger partial charge < -0.3 is 19.7 Å². The number of aliphatic imine (C=N–C) groups is 1. The zero-order valence-electron chi connectivity index (χ0n) is 15.7. The number of rotatable bonds is 5. The van der Waals surface area contributed by atoms with E-state index in [1.807, 2.05) is 19.0 Å². The average molecular weight is 462 g/mol. The quantitative estimate of drug-likeness (QED) is 0.400. The molecule has 0 spiro atoms. The molecule has 25 heavy (non-hydrogen) atoms. The molecule has 2 rings (SSSR count). The largest absolute Gasteiger partial charge is 0.355 e. The van der Waals surface area contributed by atoms with E-state index in [9.17, 15) is 4.79 Å². The Kier molecular flexibility index (Phi) is 9.26. The SMILES string of the molecule is CN=C(NCCN1CCN(C(C)=O)CC1)N(C)Cc1cccn1C.I. The van der Waals surface area contributed by atoms with E-state index >= 15 is 0 Å². The summed E-state index contributed by atoms with van der Waals surface area (Å²) in [6.45, 7) is 7.82. The van der Waals surface area contributed by atoms with Crippen molar-refractivity contribution in [1.82, 2.24) is 24.6 Å². The molecule has 1 N–H and O–H groups in total. The summed E-state index contributed by atoms with van der Waals surface area (Å²) in [5.74, 6) is 1.08. The van der Waals surface area contributed by atoms with Crippen LogP contribution < -0.4 is 5.32 Å². The van der Waals surface area contributed by atoms with E-state index in [4.69, 9.17) is 0 Å². The molecule has 1 fully saturated rings. The molecular weight excluding hydrogens is 431 g/mol. The van der Waals surface area contributed by atoms with E-state index in [0.29, 0.717) is 0 Å². The number of hydrogen-bond donors (Lipinski definition) is 1. The molecule has 1 aliphatic heterocycles. The van der Waals surface area contributed by atoms with Crippen LogP contribution in [0.3, 0.4) is 0 Å². The Bertz CT molecular complexity index is 565. The summed E-state index contributed by atoms with van der Waals surface area (Å²) in [4.78, 5) is 22.1. The highest BCUT2D eigenvalue weighted by molar-refractivity contribution is 14.0. The molecule has 1 aromatic rings. The Morgan fingerprint density at radius 1 is 1.32 bits per heavy atom. The summed E-state index contributed by atoms with van der Waals surface area (Å²) in [5.41, 5.74) is 1.25.